The zero-order chi connectivity index (χ0) is 23.8. The van der Waals surface area contributed by atoms with Crippen LogP contribution in [0.25, 0.3) is 21.8 Å². The first-order valence-electron chi connectivity index (χ1n) is 12.1. The molecule has 0 N–H and O–H groups in total. The van der Waals surface area contributed by atoms with E-state index in [4.69, 9.17) is 14.2 Å². The predicted octanol–water partition coefficient (Wildman–Crippen LogP) is 4.57. The Bertz CT molecular complexity index is 1400. The van der Waals surface area contributed by atoms with Crippen molar-refractivity contribution in [3.63, 3.8) is 0 Å². The molecule has 2 atom stereocenters. The Hall–Kier alpha value is -3.56. The molecule has 6 rings (SSSR count). The fraction of sp³-hybridized carbons (Fsp3) is 0.385. The van der Waals surface area contributed by atoms with Crippen LogP contribution in [-0.4, -0.2) is 45.0 Å². The first-order chi connectivity index (χ1) is 17.2. The van der Waals surface area contributed by atoms with E-state index in [0.29, 0.717) is 36.3 Å². The van der Waals surface area contributed by atoms with Crippen molar-refractivity contribution in [1.82, 2.24) is 19.6 Å². The van der Waals surface area contributed by atoms with Gasteiger partial charge in [0.05, 0.1) is 35.6 Å². The highest BCUT2D eigenvalue weighted by atomic mass is 16.7. The Kier molecular flexibility index (Phi) is 5.58. The van der Waals surface area contributed by atoms with Gasteiger partial charge in [0.1, 0.15) is 6.29 Å². The lowest BCUT2D eigenvalue weighted by Crippen LogP contribution is -2.44. The second kappa shape index (κ2) is 8.90. The molecule has 2 saturated heterocycles. The summed E-state index contributed by atoms with van der Waals surface area (Å²) in [6.45, 7) is 1.14. The van der Waals surface area contributed by atoms with Gasteiger partial charge in [-0.2, -0.15) is 14.9 Å². The Morgan fingerprint density at radius 1 is 1.00 bits per heavy atom. The predicted molar refractivity (Wildman–Crippen MR) is 127 cm³/mol. The maximum Gasteiger partial charge on any atom is 0.342 e. The molecule has 2 aromatic carbocycles. The average molecular weight is 475 g/mol. The molecule has 0 spiro atoms. The maximum absolute atomic E-state index is 13.5. The van der Waals surface area contributed by atoms with E-state index >= 15 is 0 Å². The topological polar surface area (TPSA) is 97.5 Å². The molecular weight excluding hydrogens is 448 g/mol. The third-order valence-corrected chi connectivity index (χ3v) is 6.78. The zero-order valence-corrected chi connectivity index (χ0v) is 19.3. The minimum Gasteiger partial charge on any atom is -0.408 e. The molecule has 2 aliphatic heterocycles. The molecule has 0 saturated carbocycles. The molecule has 4 heterocycles. The van der Waals surface area contributed by atoms with Gasteiger partial charge in [0.25, 0.3) is 0 Å². The van der Waals surface area contributed by atoms with Gasteiger partial charge in [-0.1, -0.05) is 18.2 Å². The first-order valence-corrected chi connectivity index (χ1v) is 12.1. The van der Waals surface area contributed by atoms with E-state index in [1.54, 1.807) is 41.3 Å². The zero-order valence-electron chi connectivity index (χ0n) is 19.3. The van der Waals surface area contributed by atoms with E-state index in [1.807, 2.05) is 16.8 Å². The third kappa shape index (κ3) is 3.90. The van der Waals surface area contributed by atoms with Crippen molar-refractivity contribution in [2.45, 2.75) is 50.7 Å². The van der Waals surface area contributed by atoms with Gasteiger partial charge in [0, 0.05) is 29.4 Å². The van der Waals surface area contributed by atoms with Crippen LogP contribution < -0.4 is 0 Å². The van der Waals surface area contributed by atoms with Gasteiger partial charge in [-0.3, -0.25) is 4.79 Å². The summed E-state index contributed by atoms with van der Waals surface area (Å²) in [7, 11) is 0. The van der Waals surface area contributed by atoms with Crippen molar-refractivity contribution in [1.29, 1.82) is 0 Å². The van der Waals surface area contributed by atoms with Crippen molar-refractivity contribution in [3.05, 3.63) is 59.9 Å². The number of aromatic nitrogens is 4. The molecule has 0 radical (unpaired) electrons. The summed E-state index contributed by atoms with van der Waals surface area (Å²) in [4.78, 5) is 24.8. The number of ether oxygens (including phenoxy) is 3. The highest BCUT2D eigenvalue weighted by Crippen LogP contribution is 2.35. The standard InChI is InChI=1S/C26H26N4O5/c31-17-18-6-7-21-16-28-30(23(21)13-18)26(10-2-4-12-34-26)35-25(32)19-8-9-20-15-27-29(22(20)14-19)24-5-1-3-11-33-24/h6-9,13-17,24H,1-5,10-12H2. The molecule has 35 heavy (non-hydrogen) atoms. The van der Waals surface area contributed by atoms with E-state index in [-0.39, 0.29) is 6.23 Å². The minimum atomic E-state index is -1.39. The van der Waals surface area contributed by atoms with Gasteiger partial charge in [-0.15, -0.1) is 0 Å². The van der Waals surface area contributed by atoms with Crippen LogP contribution >= 0.6 is 0 Å². The third-order valence-electron chi connectivity index (χ3n) is 6.78. The second-order valence-electron chi connectivity index (χ2n) is 9.08. The number of rotatable bonds is 5. The number of aldehydes is 1. The molecular formula is C26H26N4O5. The molecule has 4 aromatic rings. The Morgan fingerprint density at radius 2 is 1.83 bits per heavy atom. The first kappa shape index (κ1) is 21.9. The van der Waals surface area contributed by atoms with Crippen LogP contribution in [0.5, 0.6) is 0 Å². The second-order valence-corrected chi connectivity index (χ2v) is 9.08. The summed E-state index contributed by atoms with van der Waals surface area (Å²) in [5.74, 6) is -1.90. The number of fused-ring (bicyclic) bond motifs is 2. The molecule has 2 fully saturated rings. The Labute approximate surface area is 201 Å². The molecule has 0 bridgehead atoms. The van der Waals surface area contributed by atoms with Crippen molar-refractivity contribution in [2.24, 2.45) is 0 Å². The molecule has 180 valence electrons. The molecule has 0 aliphatic carbocycles. The van der Waals surface area contributed by atoms with E-state index in [1.165, 1.54) is 0 Å². The summed E-state index contributed by atoms with van der Waals surface area (Å²) in [5, 5.41) is 10.8. The minimum absolute atomic E-state index is 0.136. The summed E-state index contributed by atoms with van der Waals surface area (Å²) in [6.07, 6.45) is 9.27. The number of carbonyl (C=O) groups is 2. The lowest BCUT2D eigenvalue weighted by atomic mass is 10.1. The quantitative estimate of drug-likeness (QED) is 0.309. The smallest absolute Gasteiger partial charge is 0.342 e. The van der Waals surface area contributed by atoms with Gasteiger partial charge in [0.2, 0.25) is 0 Å². The lowest BCUT2D eigenvalue weighted by molar-refractivity contribution is -0.284. The maximum atomic E-state index is 13.5. The van der Waals surface area contributed by atoms with Crippen LogP contribution in [0.4, 0.5) is 0 Å². The van der Waals surface area contributed by atoms with Crippen LogP contribution in [0.1, 0.15) is 65.5 Å². The van der Waals surface area contributed by atoms with Crippen LogP contribution in [-0.2, 0) is 20.1 Å². The van der Waals surface area contributed by atoms with Crippen molar-refractivity contribution >= 4 is 34.1 Å². The van der Waals surface area contributed by atoms with E-state index in [2.05, 4.69) is 10.2 Å². The Balaban J connectivity index is 1.36. The largest absolute Gasteiger partial charge is 0.408 e. The van der Waals surface area contributed by atoms with Gasteiger partial charge < -0.3 is 14.2 Å². The number of hydrogen-bond donors (Lipinski definition) is 0. The molecule has 2 aliphatic rings. The van der Waals surface area contributed by atoms with E-state index in [9.17, 15) is 9.59 Å². The lowest BCUT2D eigenvalue weighted by Gasteiger charge is -2.36. The Morgan fingerprint density at radius 3 is 2.63 bits per heavy atom. The van der Waals surface area contributed by atoms with E-state index < -0.39 is 11.9 Å². The summed E-state index contributed by atoms with van der Waals surface area (Å²) in [5.41, 5.74) is 2.41. The van der Waals surface area contributed by atoms with Gasteiger partial charge in [-0.25, -0.2) is 9.48 Å². The fourth-order valence-electron chi connectivity index (χ4n) is 4.94. The van der Waals surface area contributed by atoms with Crippen LogP contribution in [0.15, 0.2) is 48.8 Å². The van der Waals surface area contributed by atoms with Crippen LogP contribution in [0.3, 0.4) is 0 Å². The van der Waals surface area contributed by atoms with Crippen molar-refractivity contribution in [3.8, 4) is 0 Å². The molecule has 2 unspecified atom stereocenters. The summed E-state index contributed by atoms with van der Waals surface area (Å²) < 4.78 is 21.5. The van der Waals surface area contributed by atoms with Crippen molar-refractivity contribution < 1.29 is 23.8 Å². The monoisotopic (exact) mass is 474 g/mol. The summed E-state index contributed by atoms with van der Waals surface area (Å²) >= 11 is 0. The number of benzene rings is 2. The average Bonchev–Trinajstić information content (AvgIpc) is 3.53. The van der Waals surface area contributed by atoms with E-state index in [0.717, 1.165) is 54.7 Å². The number of hydrogen-bond acceptors (Lipinski definition) is 7. The van der Waals surface area contributed by atoms with Crippen LogP contribution in [0, 0.1) is 0 Å². The molecule has 0 amide bonds. The highest BCUT2D eigenvalue weighted by Gasteiger charge is 2.42. The number of esters is 1. The van der Waals surface area contributed by atoms with Gasteiger partial charge in [-0.05, 0) is 50.3 Å². The van der Waals surface area contributed by atoms with Gasteiger partial charge >= 0.3 is 11.9 Å². The normalized spacial score (nSPS) is 22.9. The number of carbonyl (C=O) groups excluding carboxylic acids is 2. The van der Waals surface area contributed by atoms with Crippen molar-refractivity contribution in [2.75, 3.05) is 13.2 Å². The molecule has 2 aromatic heterocycles. The van der Waals surface area contributed by atoms with Gasteiger partial charge in [0.15, 0.2) is 6.23 Å². The summed E-state index contributed by atoms with van der Waals surface area (Å²) in [6, 6.07) is 10.7. The number of nitrogens with zero attached hydrogens (tertiary/aromatic N) is 4. The SMILES string of the molecule is O=Cc1ccc2cnn(C3(OC(=O)c4ccc5cnn(C6CCCCO6)c5c4)CCCCO3)c2c1. The molecule has 9 nitrogen and oxygen atoms in total. The van der Waals surface area contributed by atoms with Crippen LogP contribution in [0.2, 0.25) is 0 Å². The molecule has 9 heteroatoms. The highest BCUT2D eigenvalue weighted by molar-refractivity contribution is 5.94. The fourth-order valence-corrected chi connectivity index (χ4v) is 4.94.